The smallest absolute Gasteiger partial charge is 0.228 e. The van der Waals surface area contributed by atoms with Gasteiger partial charge in [-0.1, -0.05) is 25.9 Å². The summed E-state index contributed by atoms with van der Waals surface area (Å²) < 4.78 is 5.28. The van der Waals surface area contributed by atoms with Gasteiger partial charge in [-0.3, -0.25) is 9.89 Å². The Morgan fingerprint density at radius 1 is 1.32 bits per heavy atom. The third-order valence-electron chi connectivity index (χ3n) is 4.63. The van der Waals surface area contributed by atoms with Crippen molar-refractivity contribution in [3.8, 4) is 0 Å². The van der Waals surface area contributed by atoms with E-state index in [0.717, 1.165) is 31.4 Å². The lowest BCUT2D eigenvalue weighted by atomic mass is 10.1. The summed E-state index contributed by atoms with van der Waals surface area (Å²) in [7, 11) is 0. The van der Waals surface area contributed by atoms with Crippen molar-refractivity contribution in [1.82, 2.24) is 25.7 Å². The lowest BCUT2D eigenvalue weighted by molar-refractivity contribution is 0.265. The molecule has 0 spiro atoms. The van der Waals surface area contributed by atoms with Crippen LogP contribution in [0.3, 0.4) is 0 Å². The van der Waals surface area contributed by atoms with Crippen molar-refractivity contribution in [3.05, 3.63) is 11.7 Å². The van der Waals surface area contributed by atoms with E-state index < -0.39 is 0 Å². The molecule has 25 heavy (non-hydrogen) atoms. The van der Waals surface area contributed by atoms with Crippen LogP contribution in [-0.4, -0.2) is 59.3 Å². The van der Waals surface area contributed by atoms with Crippen molar-refractivity contribution in [2.45, 2.75) is 66.0 Å². The van der Waals surface area contributed by atoms with Crippen molar-refractivity contribution in [2.24, 2.45) is 10.9 Å². The molecule has 1 aromatic rings. The Hall–Kier alpha value is -1.63. The summed E-state index contributed by atoms with van der Waals surface area (Å²) in [5.41, 5.74) is 0. The molecule has 1 aliphatic heterocycles. The molecule has 0 radical (unpaired) electrons. The molecule has 2 unspecified atom stereocenters. The molecule has 2 rings (SSSR count). The SMILES string of the molecule is CCNC(=NCCc1nc(C(C)C)no1)NC1CN(C(C)C)CC1C. The van der Waals surface area contributed by atoms with Crippen molar-refractivity contribution < 1.29 is 4.52 Å². The summed E-state index contributed by atoms with van der Waals surface area (Å²) >= 11 is 0. The number of rotatable bonds is 7. The third kappa shape index (κ3) is 5.70. The normalized spacial score (nSPS) is 22.2. The van der Waals surface area contributed by atoms with Crippen LogP contribution in [0.5, 0.6) is 0 Å². The summed E-state index contributed by atoms with van der Waals surface area (Å²) in [4.78, 5) is 11.6. The first kappa shape index (κ1) is 19.7. The molecule has 142 valence electrons. The maximum absolute atomic E-state index is 5.28. The molecule has 2 N–H and O–H groups in total. The number of likely N-dealkylation sites (tertiary alicyclic amines) is 1. The largest absolute Gasteiger partial charge is 0.357 e. The summed E-state index contributed by atoms with van der Waals surface area (Å²) in [6.07, 6.45) is 0.661. The van der Waals surface area contributed by atoms with E-state index in [1.165, 1.54) is 0 Å². The number of aliphatic imine (C=N–C) groups is 1. The van der Waals surface area contributed by atoms with Gasteiger partial charge in [0.15, 0.2) is 11.8 Å². The van der Waals surface area contributed by atoms with Crippen molar-refractivity contribution in [2.75, 3.05) is 26.2 Å². The molecule has 2 atom stereocenters. The van der Waals surface area contributed by atoms with Gasteiger partial charge in [-0.25, -0.2) is 0 Å². The fraction of sp³-hybridized carbons (Fsp3) is 0.833. The Labute approximate surface area is 151 Å². The Bertz CT molecular complexity index is 554. The predicted molar refractivity (Wildman–Crippen MR) is 101 cm³/mol. The van der Waals surface area contributed by atoms with Gasteiger partial charge in [-0.2, -0.15) is 4.98 Å². The lowest BCUT2D eigenvalue weighted by Crippen LogP contribution is -2.47. The first-order valence-corrected chi connectivity index (χ1v) is 9.52. The van der Waals surface area contributed by atoms with Gasteiger partial charge in [0.25, 0.3) is 0 Å². The van der Waals surface area contributed by atoms with E-state index in [1.807, 2.05) is 0 Å². The van der Waals surface area contributed by atoms with E-state index in [9.17, 15) is 0 Å². The topological polar surface area (TPSA) is 78.6 Å². The van der Waals surface area contributed by atoms with Gasteiger partial charge in [0, 0.05) is 44.1 Å². The van der Waals surface area contributed by atoms with Gasteiger partial charge in [-0.05, 0) is 26.7 Å². The van der Waals surface area contributed by atoms with Gasteiger partial charge in [-0.15, -0.1) is 0 Å². The molecule has 7 nitrogen and oxygen atoms in total. The fourth-order valence-electron chi connectivity index (χ4n) is 2.98. The first-order chi connectivity index (χ1) is 11.9. The second-order valence-corrected chi connectivity index (χ2v) is 7.49. The monoisotopic (exact) mass is 350 g/mol. The highest BCUT2D eigenvalue weighted by Gasteiger charge is 2.31. The molecule has 0 aromatic carbocycles. The second-order valence-electron chi connectivity index (χ2n) is 7.49. The molecular formula is C18H34N6O. The van der Waals surface area contributed by atoms with Gasteiger partial charge < -0.3 is 15.2 Å². The molecular weight excluding hydrogens is 316 g/mol. The van der Waals surface area contributed by atoms with Crippen LogP contribution >= 0.6 is 0 Å². The van der Waals surface area contributed by atoms with E-state index in [2.05, 4.69) is 72.2 Å². The number of nitrogens with one attached hydrogen (secondary N) is 2. The molecule has 7 heteroatoms. The molecule has 2 heterocycles. The average molecular weight is 351 g/mol. The van der Waals surface area contributed by atoms with Crippen LogP contribution in [0.1, 0.15) is 59.2 Å². The summed E-state index contributed by atoms with van der Waals surface area (Å²) in [6, 6.07) is 1.01. The Kier molecular flexibility index (Phi) is 7.23. The third-order valence-corrected chi connectivity index (χ3v) is 4.63. The zero-order valence-electron chi connectivity index (χ0n) is 16.5. The van der Waals surface area contributed by atoms with Crippen molar-refractivity contribution >= 4 is 5.96 Å². The minimum absolute atomic E-state index is 0.285. The van der Waals surface area contributed by atoms with Crippen LogP contribution in [-0.2, 0) is 6.42 Å². The van der Waals surface area contributed by atoms with Crippen LogP contribution in [0.2, 0.25) is 0 Å². The van der Waals surface area contributed by atoms with E-state index in [-0.39, 0.29) is 5.92 Å². The number of hydrogen-bond donors (Lipinski definition) is 2. The summed E-state index contributed by atoms with van der Waals surface area (Å²) in [6.45, 7) is 16.7. The maximum Gasteiger partial charge on any atom is 0.228 e. The molecule has 1 saturated heterocycles. The fourth-order valence-corrected chi connectivity index (χ4v) is 2.98. The van der Waals surface area contributed by atoms with Gasteiger partial charge in [0.1, 0.15) is 0 Å². The number of nitrogens with zero attached hydrogens (tertiary/aromatic N) is 4. The first-order valence-electron chi connectivity index (χ1n) is 9.52. The predicted octanol–water partition coefficient (Wildman–Crippen LogP) is 2.02. The number of guanidine groups is 1. The van der Waals surface area contributed by atoms with E-state index in [4.69, 9.17) is 4.52 Å². The van der Waals surface area contributed by atoms with E-state index >= 15 is 0 Å². The van der Waals surface area contributed by atoms with Gasteiger partial charge >= 0.3 is 0 Å². The lowest BCUT2D eigenvalue weighted by Gasteiger charge is -2.21. The highest BCUT2D eigenvalue weighted by atomic mass is 16.5. The van der Waals surface area contributed by atoms with Crippen LogP contribution in [0.25, 0.3) is 0 Å². The Morgan fingerprint density at radius 2 is 2.08 bits per heavy atom. The van der Waals surface area contributed by atoms with Crippen LogP contribution in [0, 0.1) is 5.92 Å². The molecule has 0 saturated carbocycles. The Balaban J connectivity index is 1.89. The molecule has 0 aliphatic carbocycles. The Morgan fingerprint density at radius 3 is 2.64 bits per heavy atom. The van der Waals surface area contributed by atoms with Crippen LogP contribution in [0.4, 0.5) is 0 Å². The maximum atomic E-state index is 5.28. The number of hydrogen-bond acceptors (Lipinski definition) is 5. The van der Waals surface area contributed by atoms with Crippen molar-refractivity contribution in [3.63, 3.8) is 0 Å². The van der Waals surface area contributed by atoms with Crippen molar-refractivity contribution in [1.29, 1.82) is 0 Å². The van der Waals surface area contributed by atoms with E-state index in [0.29, 0.717) is 36.9 Å². The second kappa shape index (κ2) is 9.17. The highest BCUT2D eigenvalue weighted by molar-refractivity contribution is 5.80. The molecule has 1 fully saturated rings. The van der Waals surface area contributed by atoms with E-state index in [1.54, 1.807) is 0 Å². The average Bonchev–Trinajstić information content (AvgIpc) is 3.15. The highest BCUT2D eigenvalue weighted by Crippen LogP contribution is 2.18. The zero-order valence-corrected chi connectivity index (χ0v) is 16.5. The minimum Gasteiger partial charge on any atom is -0.357 e. The number of aromatic nitrogens is 2. The summed E-state index contributed by atoms with van der Waals surface area (Å²) in [5, 5.41) is 10.9. The molecule has 0 bridgehead atoms. The molecule has 1 aromatic heterocycles. The summed E-state index contributed by atoms with van der Waals surface area (Å²) in [5.74, 6) is 3.18. The van der Waals surface area contributed by atoms with Crippen LogP contribution in [0.15, 0.2) is 9.52 Å². The van der Waals surface area contributed by atoms with Gasteiger partial charge in [0.05, 0.1) is 6.54 Å². The molecule has 0 amide bonds. The quantitative estimate of drug-likeness (QED) is 0.579. The standard InChI is InChI=1S/C18H34N6O/c1-7-19-18(21-15-11-24(13(4)5)10-14(15)6)20-9-8-16-22-17(12(2)3)23-25-16/h12-15H,7-11H2,1-6H3,(H2,19,20,21). The zero-order chi connectivity index (χ0) is 18.4. The molecule has 1 aliphatic rings. The van der Waals surface area contributed by atoms with Gasteiger partial charge in [0.2, 0.25) is 5.89 Å². The van der Waals surface area contributed by atoms with Crippen LogP contribution < -0.4 is 10.6 Å². The minimum atomic E-state index is 0.285.